The van der Waals surface area contributed by atoms with Crippen LogP contribution in [0.4, 0.5) is 4.79 Å². The molecule has 1 aromatic heterocycles. The maximum absolute atomic E-state index is 13.3. The average molecular weight is 489 g/mol. The molecule has 3 aromatic rings. The number of para-hydroxylation sites is 1. The van der Waals surface area contributed by atoms with Gasteiger partial charge in [0.2, 0.25) is 0 Å². The van der Waals surface area contributed by atoms with E-state index < -0.39 is 24.6 Å². The zero-order chi connectivity index (χ0) is 25.7. The number of alkyl carbamates (subject to hydrolysis) is 1. The van der Waals surface area contributed by atoms with E-state index in [4.69, 9.17) is 14.5 Å². The minimum Gasteiger partial charge on any atom is -0.497 e. The number of rotatable bonds is 6. The predicted octanol–water partition coefficient (Wildman–Crippen LogP) is 4.80. The summed E-state index contributed by atoms with van der Waals surface area (Å²) < 4.78 is 15.3. The molecule has 1 atom stereocenters. The van der Waals surface area contributed by atoms with Crippen molar-refractivity contribution in [2.75, 3.05) is 20.3 Å². The number of nitrogens with zero attached hydrogens (tertiary/aromatic N) is 1. The highest BCUT2D eigenvalue weighted by molar-refractivity contribution is 6.07. The van der Waals surface area contributed by atoms with Crippen molar-refractivity contribution in [2.45, 2.75) is 26.7 Å². The monoisotopic (exact) mass is 488 g/mol. The molecule has 0 spiro atoms. The Balaban J connectivity index is 1.71. The minimum atomic E-state index is -0.882. The molecular formula is C28H28N2O6. The maximum Gasteiger partial charge on any atom is 0.413 e. The minimum absolute atomic E-state index is 0.124. The van der Waals surface area contributed by atoms with Gasteiger partial charge in [0.05, 0.1) is 30.5 Å². The fourth-order valence-electron chi connectivity index (χ4n) is 4.39. The van der Waals surface area contributed by atoms with Gasteiger partial charge in [-0.05, 0) is 66.7 Å². The average Bonchev–Trinajstić information content (AvgIpc) is 2.86. The summed E-state index contributed by atoms with van der Waals surface area (Å²) in [5.41, 5.74) is 4.63. The van der Waals surface area contributed by atoms with E-state index in [0.717, 1.165) is 34.6 Å². The lowest BCUT2D eigenvalue weighted by atomic mass is 9.80. The van der Waals surface area contributed by atoms with Crippen molar-refractivity contribution in [3.8, 4) is 5.75 Å². The Morgan fingerprint density at radius 2 is 1.81 bits per heavy atom. The number of methoxy groups -OCH3 is 1. The van der Waals surface area contributed by atoms with Gasteiger partial charge in [0.1, 0.15) is 5.75 Å². The van der Waals surface area contributed by atoms with Crippen LogP contribution in [0.3, 0.4) is 0 Å². The van der Waals surface area contributed by atoms with Gasteiger partial charge in [-0.15, -0.1) is 0 Å². The Morgan fingerprint density at radius 3 is 2.53 bits per heavy atom. The van der Waals surface area contributed by atoms with E-state index in [1.807, 2.05) is 53.8 Å². The van der Waals surface area contributed by atoms with Gasteiger partial charge in [0.15, 0.2) is 6.61 Å². The molecule has 0 radical (unpaired) electrons. The summed E-state index contributed by atoms with van der Waals surface area (Å²) in [6.45, 7) is 3.27. The number of pyridine rings is 1. The molecule has 0 fully saturated rings. The van der Waals surface area contributed by atoms with E-state index >= 15 is 0 Å². The molecule has 8 nitrogen and oxygen atoms in total. The van der Waals surface area contributed by atoms with Crippen LogP contribution < -0.4 is 10.1 Å². The van der Waals surface area contributed by atoms with Crippen molar-refractivity contribution in [1.82, 2.24) is 10.3 Å². The van der Waals surface area contributed by atoms with Crippen LogP contribution >= 0.6 is 0 Å². The van der Waals surface area contributed by atoms with Crippen molar-refractivity contribution in [3.63, 3.8) is 0 Å². The van der Waals surface area contributed by atoms with Crippen LogP contribution in [-0.4, -0.2) is 43.3 Å². The molecule has 4 rings (SSSR count). The normalized spacial score (nSPS) is 15.8. The van der Waals surface area contributed by atoms with E-state index in [0.29, 0.717) is 22.9 Å². The van der Waals surface area contributed by atoms with Crippen LogP contribution in [0.15, 0.2) is 48.5 Å². The Bertz CT molecular complexity index is 1330. The molecule has 2 aromatic carbocycles. The third-order valence-corrected chi connectivity index (χ3v) is 5.93. The number of nitrogens with one attached hydrogen (secondary N) is 1. The zero-order valence-corrected chi connectivity index (χ0v) is 20.5. The second-order valence-electron chi connectivity index (χ2n) is 8.63. The summed E-state index contributed by atoms with van der Waals surface area (Å²) in [4.78, 5) is 41.8. The molecule has 1 heterocycles. The van der Waals surface area contributed by atoms with E-state index in [-0.39, 0.29) is 12.5 Å². The molecule has 2 amide bonds. The lowest BCUT2D eigenvalue weighted by Gasteiger charge is -2.26. The smallest absolute Gasteiger partial charge is 0.413 e. The van der Waals surface area contributed by atoms with Gasteiger partial charge in [-0.1, -0.05) is 37.3 Å². The van der Waals surface area contributed by atoms with Crippen LogP contribution in [0.5, 0.6) is 5.75 Å². The number of carbonyl (C=O) groups is 3. The molecular weight excluding hydrogens is 460 g/mol. The van der Waals surface area contributed by atoms with Crippen molar-refractivity contribution < 1.29 is 28.6 Å². The van der Waals surface area contributed by atoms with Crippen LogP contribution in [-0.2, 0) is 20.7 Å². The van der Waals surface area contributed by atoms with Crippen molar-refractivity contribution in [1.29, 1.82) is 0 Å². The maximum atomic E-state index is 13.3. The zero-order valence-electron chi connectivity index (χ0n) is 20.5. The third kappa shape index (κ3) is 5.54. The number of hydrogen-bond donors (Lipinski definition) is 1. The lowest BCUT2D eigenvalue weighted by Crippen LogP contribution is -2.34. The van der Waals surface area contributed by atoms with Gasteiger partial charge < -0.3 is 14.2 Å². The van der Waals surface area contributed by atoms with Crippen molar-refractivity contribution in [3.05, 3.63) is 70.9 Å². The molecule has 0 aliphatic heterocycles. The number of hydrogen-bond acceptors (Lipinski definition) is 7. The molecule has 1 unspecified atom stereocenters. The number of fused-ring (bicyclic) bond motifs is 2. The number of benzene rings is 2. The van der Waals surface area contributed by atoms with Crippen molar-refractivity contribution in [2.24, 2.45) is 5.92 Å². The lowest BCUT2D eigenvalue weighted by molar-refractivity contribution is -0.123. The molecule has 1 aliphatic rings. The second kappa shape index (κ2) is 11.0. The fraction of sp³-hybridized carbons (Fsp3) is 0.286. The number of aromatic nitrogens is 1. The largest absolute Gasteiger partial charge is 0.497 e. The summed E-state index contributed by atoms with van der Waals surface area (Å²) in [6, 6.07) is 15.1. The molecule has 1 N–H and O–H groups in total. The van der Waals surface area contributed by atoms with E-state index in [9.17, 15) is 14.4 Å². The van der Waals surface area contributed by atoms with Crippen LogP contribution in [0.2, 0.25) is 0 Å². The molecule has 0 saturated heterocycles. The summed E-state index contributed by atoms with van der Waals surface area (Å²) in [5, 5.41) is 2.69. The van der Waals surface area contributed by atoms with Crippen LogP contribution in [0, 0.1) is 5.92 Å². The topological polar surface area (TPSA) is 104 Å². The highest BCUT2D eigenvalue weighted by atomic mass is 16.6. The number of imide groups is 1. The van der Waals surface area contributed by atoms with E-state index in [1.54, 1.807) is 14.0 Å². The molecule has 0 saturated carbocycles. The van der Waals surface area contributed by atoms with Crippen molar-refractivity contribution >= 4 is 40.5 Å². The first-order valence-electron chi connectivity index (χ1n) is 11.8. The summed E-state index contributed by atoms with van der Waals surface area (Å²) in [5.74, 6) is -0.358. The van der Waals surface area contributed by atoms with Gasteiger partial charge in [0, 0.05) is 5.39 Å². The molecule has 186 valence electrons. The van der Waals surface area contributed by atoms with Gasteiger partial charge in [-0.25, -0.2) is 14.6 Å². The highest BCUT2D eigenvalue weighted by Gasteiger charge is 2.29. The fourth-order valence-corrected chi connectivity index (χ4v) is 4.39. The Kier molecular flexibility index (Phi) is 7.63. The number of ether oxygens (including phenoxy) is 3. The third-order valence-electron chi connectivity index (χ3n) is 5.93. The Labute approximate surface area is 209 Å². The first-order chi connectivity index (χ1) is 17.4. The SMILES string of the molecule is CCOC(=O)NC(=O)COC(=O)c1c2c(nc3ccccc13)C(=Cc1ccc(OC)cc1)CC(C)C2. The quantitative estimate of drug-likeness (QED) is 0.497. The first kappa shape index (κ1) is 24.9. The summed E-state index contributed by atoms with van der Waals surface area (Å²) in [6.07, 6.45) is 2.65. The van der Waals surface area contributed by atoms with Gasteiger partial charge in [-0.2, -0.15) is 0 Å². The predicted molar refractivity (Wildman–Crippen MR) is 136 cm³/mol. The molecule has 0 bridgehead atoms. The number of esters is 1. The standard InChI is InChI=1S/C28H28N2O6/c1-4-35-28(33)30-24(31)16-36-27(32)25-21-7-5-6-8-23(21)29-26-19(13-17(2)14-22(25)26)15-18-9-11-20(34-3)12-10-18/h5-12,15,17H,4,13-14,16H2,1-3H3,(H,30,31,33). The van der Waals surface area contributed by atoms with Crippen LogP contribution in [0.25, 0.3) is 22.6 Å². The Hall–Kier alpha value is -4.20. The number of carbonyl (C=O) groups excluding carboxylic acids is 3. The highest BCUT2D eigenvalue weighted by Crippen LogP contribution is 2.38. The first-order valence-corrected chi connectivity index (χ1v) is 11.8. The van der Waals surface area contributed by atoms with Gasteiger partial charge in [-0.3, -0.25) is 10.1 Å². The molecule has 36 heavy (non-hydrogen) atoms. The number of allylic oxidation sites excluding steroid dienone is 1. The number of amides is 2. The van der Waals surface area contributed by atoms with Gasteiger partial charge >= 0.3 is 12.1 Å². The second-order valence-corrected chi connectivity index (χ2v) is 8.63. The van der Waals surface area contributed by atoms with Gasteiger partial charge in [0.25, 0.3) is 5.91 Å². The summed E-state index contributed by atoms with van der Waals surface area (Å²) >= 11 is 0. The molecule has 8 heteroatoms. The van der Waals surface area contributed by atoms with Crippen LogP contribution in [0.1, 0.15) is 47.4 Å². The summed E-state index contributed by atoms with van der Waals surface area (Å²) in [7, 11) is 1.63. The molecule has 1 aliphatic carbocycles. The van der Waals surface area contributed by atoms with E-state index in [1.165, 1.54) is 0 Å². The Morgan fingerprint density at radius 1 is 1.06 bits per heavy atom. The van der Waals surface area contributed by atoms with E-state index in [2.05, 4.69) is 17.7 Å².